The second-order valence-electron chi connectivity index (χ2n) is 7.52. The quantitative estimate of drug-likeness (QED) is 0.872. The van der Waals surface area contributed by atoms with E-state index in [0.29, 0.717) is 5.91 Å². The van der Waals surface area contributed by atoms with Gasteiger partial charge in [-0.15, -0.1) is 11.3 Å². The molecule has 5 heteroatoms. The van der Waals surface area contributed by atoms with Crippen LogP contribution in [0.3, 0.4) is 0 Å². The number of nitrogens with one attached hydrogen (secondary N) is 1. The molecule has 0 atom stereocenters. The highest BCUT2D eigenvalue weighted by atomic mass is 32.1. The third-order valence-corrected chi connectivity index (χ3v) is 6.76. The molecule has 0 bridgehead atoms. The number of hydrogen-bond acceptors (Lipinski definition) is 4. The van der Waals surface area contributed by atoms with Gasteiger partial charge in [-0.1, -0.05) is 18.2 Å². The molecule has 4 rings (SSSR count). The van der Waals surface area contributed by atoms with Crippen molar-refractivity contribution in [3.8, 4) is 0 Å². The van der Waals surface area contributed by atoms with Crippen LogP contribution in [0.15, 0.2) is 41.8 Å². The van der Waals surface area contributed by atoms with Gasteiger partial charge in [-0.2, -0.15) is 0 Å². The standard InChI is InChI=1S/C21H27N3OS/c1-17-8-15-26-19(17)16-23-13-9-21(10-14-23,20(25)24-11-5-12-24)22-18-6-3-2-4-7-18/h2-4,6-8,15,22H,5,9-14,16H2,1H3. The number of piperidine rings is 1. The van der Waals surface area contributed by atoms with Gasteiger partial charge in [-0.25, -0.2) is 0 Å². The summed E-state index contributed by atoms with van der Waals surface area (Å²) >= 11 is 1.84. The molecule has 138 valence electrons. The number of anilines is 1. The molecule has 0 spiro atoms. The van der Waals surface area contributed by atoms with E-state index in [0.717, 1.165) is 57.7 Å². The van der Waals surface area contributed by atoms with Crippen molar-refractivity contribution in [1.29, 1.82) is 0 Å². The Kier molecular flexibility index (Phi) is 5.00. The van der Waals surface area contributed by atoms with Crippen molar-refractivity contribution in [2.24, 2.45) is 0 Å². The number of rotatable bonds is 5. The van der Waals surface area contributed by atoms with E-state index in [-0.39, 0.29) is 0 Å². The second-order valence-corrected chi connectivity index (χ2v) is 8.52. The number of aryl methyl sites for hydroxylation is 1. The lowest BCUT2D eigenvalue weighted by atomic mass is 9.84. The Morgan fingerprint density at radius 1 is 1.12 bits per heavy atom. The minimum atomic E-state index is -0.456. The number of carbonyl (C=O) groups is 1. The molecule has 0 aliphatic carbocycles. The van der Waals surface area contributed by atoms with Crippen LogP contribution in [0, 0.1) is 6.92 Å². The maximum atomic E-state index is 13.2. The van der Waals surface area contributed by atoms with Crippen molar-refractivity contribution in [1.82, 2.24) is 9.80 Å². The minimum absolute atomic E-state index is 0.291. The molecule has 0 saturated carbocycles. The number of para-hydroxylation sites is 1. The lowest BCUT2D eigenvalue weighted by Crippen LogP contribution is -2.61. The zero-order valence-electron chi connectivity index (χ0n) is 15.4. The van der Waals surface area contributed by atoms with Crippen LogP contribution in [0.2, 0.25) is 0 Å². The molecular weight excluding hydrogens is 342 g/mol. The van der Waals surface area contributed by atoms with E-state index in [4.69, 9.17) is 0 Å². The predicted octanol–water partition coefficient (Wildman–Crippen LogP) is 3.74. The summed E-state index contributed by atoms with van der Waals surface area (Å²) in [5.41, 5.74) is 1.97. The van der Waals surface area contributed by atoms with Crippen molar-refractivity contribution < 1.29 is 4.79 Å². The fraction of sp³-hybridized carbons (Fsp3) is 0.476. The molecule has 2 aliphatic rings. The van der Waals surface area contributed by atoms with Crippen molar-refractivity contribution in [3.63, 3.8) is 0 Å². The van der Waals surface area contributed by atoms with Gasteiger partial charge in [0.15, 0.2) is 0 Å². The number of carbonyl (C=O) groups excluding carboxylic acids is 1. The number of amides is 1. The third kappa shape index (κ3) is 3.51. The normalized spacial score (nSPS) is 19.8. The molecule has 26 heavy (non-hydrogen) atoms. The SMILES string of the molecule is Cc1ccsc1CN1CCC(Nc2ccccc2)(C(=O)N2CCC2)CC1. The van der Waals surface area contributed by atoms with Crippen molar-refractivity contribution in [3.05, 3.63) is 52.2 Å². The van der Waals surface area contributed by atoms with Crippen LogP contribution in [0.25, 0.3) is 0 Å². The van der Waals surface area contributed by atoms with Crippen molar-refractivity contribution in [2.45, 2.75) is 38.3 Å². The maximum absolute atomic E-state index is 13.2. The Bertz CT molecular complexity index is 746. The van der Waals surface area contributed by atoms with Gasteiger partial charge >= 0.3 is 0 Å². The average Bonchev–Trinajstić information content (AvgIpc) is 3.01. The van der Waals surface area contributed by atoms with Gasteiger partial charge in [-0.3, -0.25) is 9.69 Å². The fourth-order valence-corrected chi connectivity index (χ4v) is 4.82. The number of thiophene rings is 1. The topological polar surface area (TPSA) is 35.6 Å². The van der Waals surface area contributed by atoms with Crippen LogP contribution < -0.4 is 5.32 Å². The fourth-order valence-electron chi connectivity index (χ4n) is 3.87. The summed E-state index contributed by atoms with van der Waals surface area (Å²) < 4.78 is 0. The number of benzene rings is 1. The van der Waals surface area contributed by atoms with E-state index >= 15 is 0 Å². The van der Waals surface area contributed by atoms with Crippen LogP contribution >= 0.6 is 11.3 Å². The van der Waals surface area contributed by atoms with Gasteiger partial charge < -0.3 is 10.2 Å². The Balaban J connectivity index is 1.48. The van der Waals surface area contributed by atoms with Gasteiger partial charge in [0.25, 0.3) is 0 Å². The maximum Gasteiger partial charge on any atom is 0.248 e. The molecule has 1 N–H and O–H groups in total. The van der Waals surface area contributed by atoms with Crippen molar-refractivity contribution >= 4 is 22.9 Å². The minimum Gasteiger partial charge on any atom is -0.371 e. The van der Waals surface area contributed by atoms with Gasteiger partial charge in [0.2, 0.25) is 5.91 Å². The Morgan fingerprint density at radius 3 is 2.42 bits per heavy atom. The zero-order chi connectivity index (χ0) is 18.0. The molecule has 1 aromatic carbocycles. The smallest absolute Gasteiger partial charge is 0.248 e. The predicted molar refractivity (Wildman–Crippen MR) is 108 cm³/mol. The third-order valence-electron chi connectivity index (χ3n) is 5.76. The van der Waals surface area contributed by atoms with E-state index in [2.05, 4.69) is 40.7 Å². The first-order valence-corrected chi connectivity index (χ1v) is 10.4. The van der Waals surface area contributed by atoms with E-state index in [1.165, 1.54) is 10.4 Å². The van der Waals surface area contributed by atoms with Crippen LogP contribution in [0.5, 0.6) is 0 Å². The van der Waals surface area contributed by atoms with E-state index in [1.54, 1.807) is 0 Å². The number of nitrogens with zero attached hydrogens (tertiary/aromatic N) is 2. The average molecular weight is 370 g/mol. The number of likely N-dealkylation sites (tertiary alicyclic amines) is 2. The summed E-state index contributed by atoms with van der Waals surface area (Å²) in [6, 6.07) is 12.4. The van der Waals surface area contributed by atoms with E-state index in [1.807, 2.05) is 34.4 Å². The molecule has 2 aliphatic heterocycles. The highest BCUT2D eigenvalue weighted by Gasteiger charge is 2.44. The molecule has 4 nitrogen and oxygen atoms in total. The molecular formula is C21H27N3OS. The van der Waals surface area contributed by atoms with Crippen LogP contribution in [0.1, 0.15) is 29.7 Å². The molecule has 1 aromatic heterocycles. The largest absolute Gasteiger partial charge is 0.371 e. The molecule has 2 fully saturated rings. The first-order chi connectivity index (χ1) is 12.7. The van der Waals surface area contributed by atoms with Gasteiger partial charge in [0, 0.05) is 43.3 Å². The molecule has 0 radical (unpaired) electrons. The Labute approximate surface area is 159 Å². The Hall–Kier alpha value is -1.85. The summed E-state index contributed by atoms with van der Waals surface area (Å²) in [5.74, 6) is 0.291. The summed E-state index contributed by atoms with van der Waals surface area (Å²) in [5, 5.41) is 5.79. The lowest BCUT2D eigenvalue weighted by molar-refractivity contribution is -0.141. The summed E-state index contributed by atoms with van der Waals surface area (Å²) in [6.45, 7) is 6.92. The van der Waals surface area contributed by atoms with Crippen LogP contribution in [-0.2, 0) is 11.3 Å². The van der Waals surface area contributed by atoms with Crippen LogP contribution in [-0.4, -0.2) is 47.4 Å². The second kappa shape index (κ2) is 7.41. The molecule has 2 saturated heterocycles. The number of hydrogen-bond donors (Lipinski definition) is 1. The summed E-state index contributed by atoms with van der Waals surface area (Å²) in [6.07, 6.45) is 2.86. The summed E-state index contributed by atoms with van der Waals surface area (Å²) in [4.78, 5) is 19.2. The first kappa shape index (κ1) is 17.6. The zero-order valence-corrected chi connectivity index (χ0v) is 16.2. The van der Waals surface area contributed by atoms with Gasteiger partial charge in [0.1, 0.15) is 5.54 Å². The first-order valence-electron chi connectivity index (χ1n) is 9.54. The van der Waals surface area contributed by atoms with Gasteiger partial charge in [-0.05, 0) is 55.3 Å². The van der Waals surface area contributed by atoms with Gasteiger partial charge in [0.05, 0.1) is 0 Å². The van der Waals surface area contributed by atoms with Crippen molar-refractivity contribution in [2.75, 3.05) is 31.5 Å². The molecule has 3 heterocycles. The monoisotopic (exact) mass is 369 g/mol. The molecule has 0 unspecified atom stereocenters. The molecule has 1 amide bonds. The summed E-state index contributed by atoms with van der Waals surface area (Å²) in [7, 11) is 0. The lowest BCUT2D eigenvalue weighted by Gasteiger charge is -2.46. The molecule has 2 aromatic rings. The van der Waals surface area contributed by atoms with E-state index < -0.39 is 5.54 Å². The van der Waals surface area contributed by atoms with Crippen LogP contribution in [0.4, 0.5) is 5.69 Å². The highest BCUT2D eigenvalue weighted by Crippen LogP contribution is 2.32. The highest BCUT2D eigenvalue weighted by molar-refractivity contribution is 7.10. The Morgan fingerprint density at radius 2 is 1.85 bits per heavy atom. The van der Waals surface area contributed by atoms with E-state index in [9.17, 15) is 4.79 Å².